The summed E-state index contributed by atoms with van der Waals surface area (Å²) in [6.07, 6.45) is 10.3. The van der Waals surface area contributed by atoms with Crippen molar-refractivity contribution in [2.75, 3.05) is 0 Å². The van der Waals surface area contributed by atoms with Crippen molar-refractivity contribution in [3.63, 3.8) is 0 Å². The van der Waals surface area contributed by atoms with Crippen LogP contribution in [0.3, 0.4) is 0 Å². The molecule has 4 aromatic rings. The standard InChI is InChI=1S/2C16H11N5O5.Fe/c2*1-3-6-20-15(23)11(8-17)9(2)14(16(20)24)19-18-12-7-10(21(25)26)4-5-13(12)22;/h2*1,4-5,7,22,24H,6H2,2H3;. The first-order valence-electron chi connectivity index (χ1n) is 14.0. The molecule has 0 radical (unpaired) electrons. The molecule has 0 amide bonds. The molecule has 268 valence electrons. The third kappa shape index (κ3) is 8.85. The number of hydrogen-bond acceptors (Lipinski definition) is 16. The molecule has 0 saturated heterocycles. The average Bonchev–Trinajstić information content (AvgIpc) is 3.10. The van der Waals surface area contributed by atoms with Crippen LogP contribution in [-0.4, -0.2) is 39.4 Å². The van der Waals surface area contributed by atoms with Crippen molar-refractivity contribution in [1.82, 2.24) is 9.13 Å². The maximum atomic E-state index is 12.1. The third-order valence-electron chi connectivity index (χ3n) is 6.89. The summed E-state index contributed by atoms with van der Waals surface area (Å²) in [7, 11) is 0. The Balaban J connectivity index is 0.000000360. The number of phenolic OH excluding ortho intramolecular Hbond substituents is 2. The van der Waals surface area contributed by atoms with Crippen LogP contribution in [-0.2, 0) is 30.2 Å². The molecule has 0 bridgehead atoms. The van der Waals surface area contributed by atoms with Crippen molar-refractivity contribution in [2.24, 2.45) is 20.5 Å². The van der Waals surface area contributed by atoms with Gasteiger partial charge >= 0.3 is 0 Å². The maximum Gasteiger partial charge on any atom is 0.272 e. The van der Waals surface area contributed by atoms with Crippen LogP contribution in [0.25, 0.3) is 0 Å². The minimum atomic E-state index is -0.780. The monoisotopic (exact) mass is 762 g/mol. The molecule has 0 fully saturated rings. The van der Waals surface area contributed by atoms with Gasteiger partial charge in [0.25, 0.3) is 22.5 Å². The van der Waals surface area contributed by atoms with Crippen molar-refractivity contribution in [3.8, 4) is 60.1 Å². The van der Waals surface area contributed by atoms with Crippen molar-refractivity contribution in [1.29, 1.82) is 10.5 Å². The second kappa shape index (κ2) is 17.7. The van der Waals surface area contributed by atoms with Gasteiger partial charge in [0.1, 0.15) is 46.1 Å². The van der Waals surface area contributed by atoms with Gasteiger partial charge in [0.2, 0.25) is 11.8 Å². The number of hydrogen-bond donors (Lipinski definition) is 4. The fraction of sp³-hybridized carbons (Fsp3) is 0.125. The number of nitro groups is 2. The number of phenols is 2. The van der Waals surface area contributed by atoms with E-state index in [0.29, 0.717) is 0 Å². The number of azo groups is 2. The Kier molecular flexibility index (Phi) is 13.8. The second-order valence-electron chi connectivity index (χ2n) is 10.0. The van der Waals surface area contributed by atoms with E-state index in [2.05, 4.69) is 32.3 Å². The Morgan fingerprint density at radius 3 is 1.32 bits per heavy atom. The van der Waals surface area contributed by atoms with Gasteiger partial charge in [-0.15, -0.1) is 33.3 Å². The first-order valence-corrected chi connectivity index (χ1v) is 14.0. The molecule has 2 aromatic carbocycles. The number of non-ortho nitro benzene ring substituents is 2. The van der Waals surface area contributed by atoms with Crippen LogP contribution in [0.5, 0.6) is 23.3 Å². The molecule has 2 aromatic heterocycles. The Labute approximate surface area is 307 Å². The molecular formula is C32H22FeN10O10. The van der Waals surface area contributed by atoms with E-state index in [0.717, 1.165) is 45.5 Å². The van der Waals surface area contributed by atoms with Gasteiger partial charge in [-0.3, -0.25) is 39.0 Å². The first kappa shape index (κ1) is 41.3. The Morgan fingerprint density at radius 1 is 0.698 bits per heavy atom. The number of pyridine rings is 2. The summed E-state index contributed by atoms with van der Waals surface area (Å²) in [6.45, 7) is 2.15. The van der Waals surface area contributed by atoms with Gasteiger partial charge in [-0.1, -0.05) is 11.8 Å². The molecule has 53 heavy (non-hydrogen) atoms. The molecule has 21 heteroatoms. The predicted molar refractivity (Wildman–Crippen MR) is 179 cm³/mol. The van der Waals surface area contributed by atoms with Crippen LogP contribution in [0, 0.1) is 81.4 Å². The van der Waals surface area contributed by atoms with E-state index in [4.69, 9.17) is 23.4 Å². The van der Waals surface area contributed by atoms with Crippen LogP contribution >= 0.6 is 0 Å². The number of nitriles is 2. The van der Waals surface area contributed by atoms with Crippen LogP contribution in [0.4, 0.5) is 34.1 Å². The zero-order valence-electron chi connectivity index (χ0n) is 27.1. The summed E-state index contributed by atoms with van der Waals surface area (Å²) in [5.74, 6) is 2.36. The fourth-order valence-electron chi connectivity index (χ4n) is 4.21. The Hall–Kier alpha value is -7.84. The smallest absolute Gasteiger partial charge is 0.272 e. The molecule has 0 aliphatic heterocycles. The first-order chi connectivity index (χ1) is 24.6. The van der Waals surface area contributed by atoms with Crippen LogP contribution in [0.1, 0.15) is 22.3 Å². The normalized spacial score (nSPS) is 10.2. The zero-order chi connectivity index (χ0) is 38.9. The second-order valence-corrected chi connectivity index (χ2v) is 10.0. The number of terminal acetylenes is 2. The summed E-state index contributed by atoms with van der Waals surface area (Å²) in [5.41, 5.74) is -3.57. The number of rotatable bonds is 8. The Morgan fingerprint density at radius 2 is 1.04 bits per heavy atom. The number of benzene rings is 2. The zero-order valence-corrected chi connectivity index (χ0v) is 28.2. The summed E-state index contributed by atoms with van der Waals surface area (Å²) in [5, 5.41) is 94.7. The van der Waals surface area contributed by atoms with Gasteiger partial charge in [-0.2, -0.15) is 10.5 Å². The van der Waals surface area contributed by atoms with Crippen molar-refractivity contribution < 1.29 is 47.3 Å². The van der Waals surface area contributed by atoms with Crippen molar-refractivity contribution in [3.05, 3.63) is 99.6 Å². The fourth-order valence-corrected chi connectivity index (χ4v) is 4.21. The van der Waals surface area contributed by atoms with Gasteiger partial charge in [0, 0.05) is 52.5 Å². The van der Waals surface area contributed by atoms with E-state index in [1.807, 2.05) is 0 Å². The number of aromatic nitrogens is 2. The summed E-state index contributed by atoms with van der Waals surface area (Å²) in [6, 6.07) is 9.68. The molecule has 0 saturated carbocycles. The van der Waals surface area contributed by atoms with Crippen LogP contribution in [0.15, 0.2) is 66.4 Å². The number of nitrogens with zero attached hydrogens (tertiary/aromatic N) is 10. The van der Waals surface area contributed by atoms with Gasteiger partial charge in [0.05, 0.1) is 22.9 Å². The Bertz CT molecular complexity index is 2320. The molecule has 4 N–H and O–H groups in total. The maximum absolute atomic E-state index is 12.1. The van der Waals surface area contributed by atoms with Crippen LogP contribution in [0.2, 0.25) is 0 Å². The minimum absolute atomic E-state index is 0. The molecule has 0 aliphatic rings. The number of aromatic hydroxyl groups is 4. The third-order valence-corrected chi connectivity index (χ3v) is 6.89. The van der Waals surface area contributed by atoms with Gasteiger partial charge < -0.3 is 20.4 Å². The summed E-state index contributed by atoms with van der Waals surface area (Å²) < 4.78 is 1.54. The molecule has 20 nitrogen and oxygen atoms in total. The van der Waals surface area contributed by atoms with E-state index in [-0.39, 0.29) is 98.0 Å². The molecule has 2 heterocycles. The van der Waals surface area contributed by atoms with E-state index < -0.39 is 32.7 Å². The molecular weight excluding hydrogens is 740 g/mol. The van der Waals surface area contributed by atoms with E-state index in [1.54, 1.807) is 12.1 Å². The average molecular weight is 762 g/mol. The summed E-state index contributed by atoms with van der Waals surface area (Å²) in [4.78, 5) is 44.5. The van der Waals surface area contributed by atoms with E-state index in [1.165, 1.54) is 13.8 Å². The minimum Gasteiger partial charge on any atom is -0.506 e. The molecule has 0 unspecified atom stereocenters. The molecule has 0 aliphatic carbocycles. The number of nitro benzene ring substituents is 2. The molecule has 4 rings (SSSR count). The van der Waals surface area contributed by atoms with E-state index in [9.17, 15) is 50.2 Å². The van der Waals surface area contributed by atoms with E-state index >= 15 is 0 Å². The predicted octanol–water partition coefficient (Wildman–Crippen LogP) is 4.79. The topological polar surface area (TPSA) is 308 Å². The van der Waals surface area contributed by atoms with Crippen molar-refractivity contribution in [2.45, 2.75) is 26.9 Å². The van der Waals surface area contributed by atoms with Crippen molar-refractivity contribution >= 4 is 34.1 Å². The van der Waals surface area contributed by atoms with Gasteiger partial charge in [-0.25, -0.2) is 0 Å². The largest absolute Gasteiger partial charge is 0.506 e. The summed E-state index contributed by atoms with van der Waals surface area (Å²) >= 11 is 0. The van der Waals surface area contributed by atoms with Gasteiger partial charge in [-0.05, 0) is 26.0 Å². The molecule has 0 atom stereocenters. The molecule has 0 spiro atoms. The van der Waals surface area contributed by atoms with Crippen LogP contribution < -0.4 is 11.1 Å². The quantitative estimate of drug-likeness (QED) is 0.0619. The SMILES string of the molecule is C#CCn1c(O)c(N=Nc2cc([N+](=O)[O-])ccc2O)c(C)c(C#N)c1=O.C#CCn1c(O)c(N=Nc2cc([N+](=O)[O-])ccc2O)c(C)c(C#N)c1=O.[Fe]. The van der Waals surface area contributed by atoms with Gasteiger partial charge in [0.15, 0.2) is 11.4 Å².